The van der Waals surface area contributed by atoms with Gasteiger partial charge in [0, 0.05) is 12.0 Å². The molecule has 82 valence electrons. The van der Waals surface area contributed by atoms with Crippen molar-refractivity contribution in [2.75, 3.05) is 0 Å². The van der Waals surface area contributed by atoms with E-state index in [9.17, 15) is 19.6 Å². The summed E-state index contributed by atoms with van der Waals surface area (Å²) in [5, 5.41) is 19.6. The summed E-state index contributed by atoms with van der Waals surface area (Å²) in [6.07, 6.45) is -0.694. The van der Waals surface area contributed by atoms with Crippen LogP contribution in [0.15, 0.2) is 18.2 Å². The largest absolute Gasteiger partial charge is 0.393 e. The molecule has 0 bridgehead atoms. The smallest absolute Gasteiger partial charge is 0.272 e. The molecule has 1 rings (SSSR count). The quantitative estimate of drug-likeness (QED) is 0.618. The van der Waals surface area contributed by atoms with Crippen LogP contribution in [0.3, 0.4) is 0 Å². The fourth-order valence-electron chi connectivity index (χ4n) is 1.26. The summed E-state index contributed by atoms with van der Waals surface area (Å²) in [6.45, 7) is 3.21. The summed E-state index contributed by atoms with van der Waals surface area (Å²) in [7, 11) is 0. The van der Waals surface area contributed by atoms with Crippen molar-refractivity contribution in [3.63, 3.8) is 0 Å². The fourth-order valence-corrected chi connectivity index (χ4v) is 1.26. The van der Waals surface area contributed by atoms with Crippen molar-refractivity contribution in [3.05, 3.63) is 39.7 Å². The summed E-state index contributed by atoms with van der Waals surface area (Å²) >= 11 is 0. The maximum atomic E-state index is 13.4. The Morgan fingerprint density at radius 3 is 2.47 bits per heavy atom. The lowest BCUT2D eigenvalue weighted by atomic mass is 9.96. The summed E-state index contributed by atoms with van der Waals surface area (Å²) in [4.78, 5) is 9.70. The van der Waals surface area contributed by atoms with Crippen LogP contribution in [-0.4, -0.2) is 16.1 Å². The maximum Gasteiger partial charge on any atom is 0.272 e. The average Bonchev–Trinajstić information content (AvgIpc) is 2.16. The van der Waals surface area contributed by atoms with Gasteiger partial charge in [0.25, 0.3) is 5.69 Å². The number of nitro benzene ring substituents is 1. The van der Waals surface area contributed by atoms with E-state index in [4.69, 9.17) is 0 Å². The number of rotatable bonds is 3. The lowest BCUT2D eigenvalue weighted by Crippen LogP contribution is -2.12. The highest BCUT2D eigenvalue weighted by Crippen LogP contribution is 2.25. The molecule has 4 nitrogen and oxygen atoms in total. The highest BCUT2D eigenvalue weighted by Gasteiger charge is 2.18. The Morgan fingerprint density at radius 1 is 1.47 bits per heavy atom. The molecule has 5 heteroatoms. The van der Waals surface area contributed by atoms with Gasteiger partial charge in [-0.2, -0.15) is 0 Å². The third-order valence-corrected chi connectivity index (χ3v) is 2.41. The highest BCUT2D eigenvalue weighted by atomic mass is 19.1. The monoisotopic (exact) mass is 213 g/mol. The molecule has 1 N–H and O–H groups in total. The molecule has 0 fully saturated rings. The van der Waals surface area contributed by atoms with E-state index >= 15 is 0 Å². The molecule has 0 aliphatic heterocycles. The van der Waals surface area contributed by atoms with E-state index in [1.54, 1.807) is 13.8 Å². The molecule has 0 spiro atoms. The maximum absolute atomic E-state index is 13.4. The Kier molecular flexibility index (Phi) is 3.36. The Balaban J connectivity index is 3.08. The van der Waals surface area contributed by atoms with Gasteiger partial charge in [0.1, 0.15) is 5.82 Å². The highest BCUT2D eigenvalue weighted by molar-refractivity contribution is 5.35. The molecule has 0 heterocycles. The van der Waals surface area contributed by atoms with Crippen molar-refractivity contribution in [2.45, 2.75) is 25.9 Å². The van der Waals surface area contributed by atoms with Gasteiger partial charge in [-0.05, 0) is 18.6 Å². The molecule has 0 aliphatic carbocycles. The number of nitro groups is 1. The number of benzene rings is 1. The van der Waals surface area contributed by atoms with Crippen molar-refractivity contribution >= 4 is 5.69 Å². The summed E-state index contributed by atoms with van der Waals surface area (Å²) < 4.78 is 13.4. The number of hydrogen-bond acceptors (Lipinski definition) is 3. The lowest BCUT2D eigenvalue weighted by molar-refractivity contribution is -0.385. The minimum absolute atomic E-state index is 0.283. The van der Waals surface area contributed by atoms with E-state index < -0.39 is 16.8 Å². The number of halogens is 1. The van der Waals surface area contributed by atoms with Crippen LogP contribution < -0.4 is 0 Å². The van der Waals surface area contributed by atoms with Gasteiger partial charge >= 0.3 is 0 Å². The van der Waals surface area contributed by atoms with E-state index in [2.05, 4.69) is 0 Å². The Labute approximate surface area is 86.5 Å². The minimum atomic E-state index is -0.694. The van der Waals surface area contributed by atoms with E-state index in [0.717, 1.165) is 6.07 Å². The number of aliphatic hydroxyl groups is 1. The van der Waals surface area contributed by atoms with Crippen LogP contribution in [0.1, 0.15) is 25.3 Å². The number of non-ortho nitro benzene ring substituents is 1. The van der Waals surface area contributed by atoms with Gasteiger partial charge in [-0.3, -0.25) is 10.1 Å². The van der Waals surface area contributed by atoms with Crippen LogP contribution in [0.4, 0.5) is 10.1 Å². The lowest BCUT2D eigenvalue weighted by Gasteiger charge is -2.15. The van der Waals surface area contributed by atoms with Crippen LogP contribution in [0.5, 0.6) is 0 Å². The molecule has 0 aromatic heterocycles. The first-order chi connectivity index (χ1) is 6.93. The Morgan fingerprint density at radius 2 is 2.07 bits per heavy atom. The molecular weight excluding hydrogens is 201 g/mol. The first-order valence-corrected chi connectivity index (χ1v) is 4.55. The zero-order valence-corrected chi connectivity index (χ0v) is 8.48. The van der Waals surface area contributed by atoms with Crippen LogP contribution in [0, 0.1) is 15.9 Å². The van der Waals surface area contributed by atoms with E-state index in [0.29, 0.717) is 0 Å². The van der Waals surface area contributed by atoms with E-state index in [-0.39, 0.29) is 17.2 Å². The topological polar surface area (TPSA) is 63.4 Å². The zero-order valence-electron chi connectivity index (χ0n) is 8.48. The molecule has 0 saturated carbocycles. The molecule has 0 saturated heterocycles. The summed E-state index contributed by atoms with van der Waals surface area (Å²) in [5.74, 6) is -1.04. The van der Waals surface area contributed by atoms with Crippen molar-refractivity contribution in [1.29, 1.82) is 0 Å². The molecule has 2 atom stereocenters. The molecule has 0 radical (unpaired) electrons. The third kappa shape index (κ3) is 2.50. The first-order valence-electron chi connectivity index (χ1n) is 4.55. The second-order valence-corrected chi connectivity index (χ2v) is 3.49. The van der Waals surface area contributed by atoms with Crippen molar-refractivity contribution in [3.8, 4) is 0 Å². The standard InChI is InChI=1S/C10H12FNO3/c1-6(7(2)13)9-4-3-8(12(14)15)5-10(9)11/h3-7,13H,1-2H3. The van der Waals surface area contributed by atoms with Crippen molar-refractivity contribution in [1.82, 2.24) is 0 Å². The molecule has 1 aromatic rings. The number of aliphatic hydroxyl groups excluding tert-OH is 1. The average molecular weight is 213 g/mol. The zero-order chi connectivity index (χ0) is 11.6. The van der Waals surface area contributed by atoms with Crippen molar-refractivity contribution < 1.29 is 14.4 Å². The Bertz CT molecular complexity index is 379. The minimum Gasteiger partial charge on any atom is -0.393 e. The molecule has 2 unspecified atom stereocenters. The summed E-state index contributed by atoms with van der Waals surface area (Å²) in [6, 6.07) is 3.44. The molecule has 0 amide bonds. The van der Waals surface area contributed by atoms with Gasteiger partial charge in [-0.25, -0.2) is 4.39 Å². The van der Waals surface area contributed by atoms with E-state index in [1.807, 2.05) is 0 Å². The predicted molar refractivity (Wildman–Crippen MR) is 53.2 cm³/mol. The van der Waals surface area contributed by atoms with Gasteiger partial charge in [0.05, 0.1) is 17.1 Å². The second kappa shape index (κ2) is 4.35. The number of nitrogens with zero attached hydrogens (tertiary/aromatic N) is 1. The van der Waals surface area contributed by atoms with Gasteiger partial charge in [0.2, 0.25) is 0 Å². The SMILES string of the molecule is CC(O)C(C)c1ccc([N+](=O)[O-])cc1F. The summed E-state index contributed by atoms with van der Waals surface area (Å²) in [5.41, 5.74) is 0.00430. The molecular formula is C10H12FNO3. The van der Waals surface area contributed by atoms with Crippen LogP contribution in [-0.2, 0) is 0 Å². The normalized spacial score (nSPS) is 14.7. The van der Waals surface area contributed by atoms with Gasteiger partial charge in [0.15, 0.2) is 0 Å². The van der Waals surface area contributed by atoms with Crippen LogP contribution in [0.2, 0.25) is 0 Å². The fraction of sp³-hybridized carbons (Fsp3) is 0.400. The van der Waals surface area contributed by atoms with E-state index in [1.165, 1.54) is 12.1 Å². The number of hydrogen-bond donors (Lipinski definition) is 1. The van der Waals surface area contributed by atoms with Gasteiger partial charge < -0.3 is 5.11 Å². The molecule has 0 aliphatic rings. The predicted octanol–water partition coefficient (Wildman–Crippen LogP) is 2.22. The van der Waals surface area contributed by atoms with Crippen LogP contribution in [0.25, 0.3) is 0 Å². The second-order valence-electron chi connectivity index (χ2n) is 3.49. The Hall–Kier alpha value is -1.49. The molecule has 15 heavy (non-hydrogen) atoms. The van der Waals surface area contributed by atoms with Gasteiger partial charge in [-0.1, -0.05) is 6.92 Å². The van der Waals surface area contributed by atoms with Crippen molar-refractivity contribution in [2.24, 2.45) is 0 Å². The molecule has 1 aromatic carbocycles. The third-order valence-electron chi connectivity index (χ3n) is 2.41. The van der Waals surface area contributed by atoms with Gasteiger partial charge in [-0.15, -0.1) is 0 Å². The first kappa shape index (κ1) is 11.6. The van der Waals surface area contributed by atoms with Crippen LogP contribution >= 0.6 is 0 Å².